The Bertz CT molecular complexity index is 279. The van der Waals surface area contributed by atoms with E-state index in [4.69, 9.17) is 5.73 Å². The molecule has 0 radical (unpaired) electrons. The lowest BCUT2D eigenvalue weighted by Gasteiger charge is -2.12. The van der Waals surface area contributed by atoms with E-state index in [-0.39, 0.29) is 6.04 Å². The van der Waals surface area contributed by atoms with Gasteiger partial charge in [-0.25, -0.2) is 0 Å². The van der Waals surface area contributed by atoms with Gasteiger partial charge in [0, 0.05) is 9.61 Å². The fourth-order valence-corrected chi connectivity index (χ4v) is 1.98. The van der Waals surface area contributed by atoms with Gasteiger partial charge < -0.3 is 5.73 Å². The normalized spacial score (nSPS) is 13.1. The van der Waals surface area contributed by atoms with Crippen LogP contribution in [0.3, 0.4) is 0 Å². The summed E-state index contributed by atoms with van der Waals surface area (Å²) in [5.74, 6) is 0.786. The highest BCUT2D eigenvalue weighted by molar-refractivity contribution is 14.1. The van der Waals surface area contributed by atoms with Gasteiger partial charge in [-0.2, -0.15) is 0 Å². The zero-order valence-corrected chi connectivity index (χ0v) is 11.7. The minimum absolute atomic E-state index is 0.209. The Labute approximate surface area is 107 Å². The molecule has 0 spiro atoms. The first kappa shape index (κ1) is 13.0. The van der Waals surface area contributed by atoms with Crippen LogP contribution in [0, 0.1) is 9.49 Å². The lowest BCUT2D eigenvalue weighted by Crippen LogP contribution is -2.10. The van der Waals surface area contributed by atoms with Crippen molar-refractivity contribution in [3.8, 4) is 0 Å². The van der Waals surface area contributed by atoms with Crippen molar-refractivity contribution in [2.75, 3.05) is 0 Å². The van der Waals surface area contributed by atoms with Crippen LogP contribution in [0.15, 0.2) is 24.3 Å². The van der Waals surface area contributed by atoms with Gasteiger partial charge in [-0.15, -0.1) is 0 Å². The zero-order chi connectivity index (χ0) is 11.3. The highest BCUT2D eigenvalue weighted by atomic mass is 127. The number of hydrogen-bond acceptors (Lipinski definition) is 1. The summed E-state index contributed by atoms with van der Waals surface area (Å²) >= 11 is 2.32. The van der Waals surface area contributed by atoms with Gasteiger partial charge in [0.05, 0.1) is 0 Å². The molecule has 0 amide bonds. The molecule has 84 valence electrons. The molecule has 0 aliphatic carbocycles. The van der Waals surface area contributed by atoms with Crippen LogP contribution in [0.5, 0.6) is 0 Å². The van der Waals surface area contributed by atoms with Crippen LogP contribution >= 0.6 is 22.6 Å². The van der Waals surface area contributed by atoms with E-state index in [2.05, 4.69) is 60.7 Å². The minimum atomic E-state index is 0.209. The maximum atomic E-state index is 6.13. The first-order chi connectivity index (χ1) is 7.09. The first-order valence-corrected chi connectivity index (χ1v) is 6.68. The third-order valence-corrected chi connectivity index (χ3v) is 3.31. The Hall–Kier alpha value is -0.0900. The number of halogens is 1. The molecule has 0 aliphatic rings. The Balaban J connectivity index is 2.40. The summed E-state index contributed by atoms with van der Waals surface area (Å²) in [5.41, 5.74) is 7.39. The Morgan fingerprint density at radius 2 is 1.73 bits per heavy atom. The maximum absolute atomic E-state index is 6.13. The van der Waals surface area contributed by atoms with E-state index in [9.17, 15) is 0 Å². The van der Waals surface area contributed by atoms with E-state index < -0.39 is 0 Å². The first-order valence-electron chi connectivity index (χ1n) is 5.60. The quantitative estimate of drug-likeness (QED) is 0.812. The second-order valence-electron chi connectivity index (χ2n) is 4.48. The molecule has 2 N–H and O–H groups in total. The molecule has 1 nitrogen and oxygen atoms in total. The van der Waals surface area contributed by atoms with Gasteiger partial charge in [-0.05, 0) is 52.6 Å². The molecule has 0 heterocycles. The molecule has 15 heavy (non-hydrogen) atoms. The lowest BCUT2D eigenvalue weighted by atomic mass is 9.99. The molecular weight excluding hydrogens is 297 g/mol. The van der Waals surface area contributed by atoms with Crippen LogP contribution in [0.25, 0.3) is 0 Å². The van der Waals surface area contributed by atoms with Crippen LogP contribution in [0.4, 0.5) is 0 Å². The van der Waals surface area contributed by atoms with E-state index in [0.29, 0.717) is 0 Å². The van der Waals surface area contributed by atoms with Crippen molar-refractivity contribution in [3.63, 3.8) is 0 Å². The van der Waals surface area contributed by atoms with Crippen LogP contribution in [-0.2, 0) is 0 Å². The Morgan fingerprint density at radius 3 is 2.27 bits per heavy atom. The molecule has 1 unspecified atom stereocenters. The predicted octanol–water partition coefficient (Wildman–Crippen LogP) is 4.12. The summed E-state index contributed by atoms with van der Waals surface area (Å²) < 4.78 is 1.27. The van der Waals surface area contributed by atoms with E-state index >= 15 is 0 Å². The molecule has 0 aliphatic heterocycles. The molecule has 0 saturated carbocycles. The maximum Gasteiger partial charge on any atom is 0.0294 e. The van der Waals surface area contributed by atoms with Gasteiger partial charge in [-0.1, -0.05) is 38.8 Å². The summed E-state index contributed by atoms with van der Waals surface area (Å²) in [7, 11) is 0. The third kappa shape index (κ3) is 4.98. The number of nitrogens with two attached hydrogens (primary N) is 1. The fraction of sp³-hybridized carbons (Fsp3) is 0.538. The van der Waals surface area contributed by atoms with E-state index in [0.717, 1.165) is 12.3 Å². The van der Waals surface area contributed by atoms with Crippen molar-refractivity contribution < 1.29 is 0 Å². The highest BCUT2D eigenvalue weighted by Gasteiger charge is 2.05. The average molecular weight is 317 g/mol. The second kappa shape index (κ2) is 6.48. The van der Waals surface area contributed by atoms with Crippen LogP contribution in [-0.4, -0.2) is 0 Å². The fourth-order valence-electron chi connectivity index (χ4n) is 1.62. The van der Waals surface area contributed by atoms with Crippen molar-refractivity contribution in [2.24, 2.45) is 11.7 Å². The van der Waals surface area contributed by atoms with Crippen LogP contribution in [0.1, 0.15) is 44.7 Å². The van der Waals surface area contributed by atoms with Crippen LogP contribution in [0.2, 0.25) is 0 Å². The van der Waals surface area contributed by atoms with Gasteiger partial charge >= 0.3 is 0 Å². The summed E-state index contributed by atoms with van der Waals surface area (Å²) in [5, 5.41) is 0. The lowest BCUT2D eigenvalue weighted by molar-refractivity contribution is 0.505. The smallest absolute Gasteiger partial charge is 0.0294 e. The van der Waals surface area contributed by atoms with E-state index in [1.807, 2.05) is 0 Å². The van der Waals surface area contributed by atoms with Crippen molar-refractivity contribution in [1.29, 1.82) is 0 Å². The van der Waals surface area contributed by atoms with E-state index in [1.165, 1.54) is 22.0 Å². The summed E-state index contributed by atoms with van der Waals surface area (Å²) in [6, 6.07) is 8.74. The molecule has 0 fully saturated rings. The monoisotopic (exact) mass is 317 g/mol. The molecule has 1 aromatic rings. The van der Waals surface area contributed by atoms with Crippen molar-refractivity contribution in [2.45, 2.75) is 39.2 Å². The molecule has 0 saturated heterocycles. The number of rotatable bonds is 5. The molecule has 1 aromatic carbocycles. The second-order valence-corrected chi connectivity index (χ2v) is 5.73. The molecule has 0 bridgehead atoms. The predicted molar refractivity (Wildman–Crippen MR) is 74.8 cm³/mol. The van der Waals surface area contributed by atoms with Crippen molar-refractivity contribution in [1.82, 2.24) is 0 Å². The molecule has 2 heteroatoms. The Morgan fingerprint density at radius 1 is 1.13 bits per heavy atom. The molecule has 0 aromatic heterocycles. The third-order valence-electron chi connectivity index (χ3n) is 2.59. The standard InChI is InChI=1S/C13H20IN/c1-10(2)4-3-5-13(15)11-6-8-12(14)9-7-11/h6-10,13H,3-5,15H2,1-2H3. The summed E-state index contributed by atoms with van der Waals surface area (Å²) in [4.78, 5) is 0. The zero-order valence-electron chi connectivity index (χ0n) is 9.54. The average Bonchev–Trinajstić information content (AvgIpc) is 2.18. The molecule has 1 rings (SSSR count). The molecule has 1 atom stereocenters. The van der Waals surface area contributed by atoms with Crippen molar-refractivity contribution in [3.05, 3.63) is 33.4 Å². The van der Waals surface area contributed by atoms with Gasteiger partial charge in [0.2, 0.25) is 0 Å². The number of benzene rings is 1. The van der Waals surface area contributed by atoms with Gasteiger partial charge in [0.15, 0.2) is 0 Å². The summed E-state index contributed by atoms with van der Waals surface area (Å²) in [6.07, 6.45) is 3.60. The highest BCUT2D eigenvalue weighted by Crippen LogP contribution is 2.19. The topological polar surface area (TPSA) is 26.0 Å². The van der Waals surface area contributed by atoms with Gasteiger partial charge in [-0.3, -0.25) is 0 Å². The summed E-state index contributed by atoms with van der Waals surface area (Å²) in [6.45, 7) is 4.52. The van der Waals surface area contributed by atoms with Gasteiger partial charge in [0.25, 0.3) is 0 Å². The molecular formula is C13H20IN. The van der Waals surface area contributed by atoms with Crippen LogP contribution < -0.4 is 5.73 Å². The number of hydrogen-bond donors (Lipinski definition) is 1. The Kier molecular flexibility index (Phi) is 5.61. The largest absolute Gasteiger partial charge is 0.324 e. The minimum Gasteiger partial charge on any atom is -0.324 e. The van der Waals surface area contributed by atoms with Crippen molar-refractivity contribution >= 4 is 22.6 Å². The SMILES string of the molecule is CC(C)CCCC(N)c1ccc(I)cc1. The van der Waals surface area contributed by atoms with Gasteiger partial charge in [0.1, 0.15) is 0 Å². The van der Waals surface area contributed by atoms with E-state index in [1.54, 1.807) is 0 Å².